The number of phenols is 1. The van der Waals surface area contributed by atoms with Crippen molar-refractivity contribution in [2.24, 2.45) is 0 Å². The van der Waals surface area contributed by atoms with E-state index in [0.717, 1.165) is 17.9 Å². The Kier molecular flexibility index (Phi) is 9.86. The molecule has 0 atom stereocenters. The Morgan fingerprint density at radius 2 is 1.91 bits per heavy atom. The summed E-state index contributed by atoms with van der Waals surface area (Å²) < 4.78 is 47.2. The third-order valence-electron chi connectivity index (χ3n) is 5.01. The Morgan fingerprint density at radius 1 is 1.21 bits per heavy atom. The van der Waals surface area contributed by atoms with E-state index in [1.807, 2.05) is 13.8 Å². The second-order valence-corrected chi connectivity index (χ2v) is 10.2. The fraction of sp³-hybridized carbons (Fsp3) is 0.409. The van der Waals surface area contributed by atoms with Crippen molar-refractivity contribution in [2.45, 2.75) is 31.7 Å². The molecule has 2 N–H and O–H groups in total. The Bertz CT molecular complexity index is 1240. The number of fused-ring (bicyclic) bond motifs is 1. The minimum atomic E-state index is -3.93. The molecule has 1 aromatic heterocycles. The lowest BCUT2D eigenvalue weighted by Gasteiger charge is -2.15. The summed E-state index contributed by atoms with van der Waals surface area (Å²) in [6, 6.07) is 6.96. The summed E-state index contributed by atoms with van der Waals surface area (Å²) >= 11 is 0.937. The number of nitrogens with one attached hydrogen (secondary N) is 1. The number of rotatable bonds is 11. The zero-order chi connectivity index (χ0) is 23.3. The molecule has 2 aromatic carbocycles. The van der Waals surface area contributed by atoms with E-state index in [1.54, 1.807) is 6.07 Å². The fourth-order valence-electron chi connectivity index (χ4n) is 3.52. The SMILES string of the molecule is CCNCCn1c(=O)sc2cc(-c3ccc(F)cc3)c(S(=O)(=O)CCCOCC)c(O)c21.Cl. The summed E-state index contributed by atoms with van der Waals surface area (Å²) in [4.78, 5) is 12.1. The van der Waals surface area contributed by atoms with Gasteiger partial charge in [-0.05, 0) is 43.7 Å². The van der Waals surface area contributed by atoms with Crippen molar-refractivity contribution in [2.75, 3.05) is 32.1 Å². The summed E-state index contributed by atoms with van der Waals surface area (Å²) in [5.74, 6) is -1.14. The first-order valence-electron chi connectivity index (χ1n) is 10.5. The number of likely N-dealkylation sites (N-methyl/N-ethyl adjacent to an activating group) is 1. The van der Waals surface area contributed by atoms with Gasteiger partial charge in [-0.25, -0.2) is 12.8 Å². The van der Waals surface area contributed by atoms with Crippen LogP contribution in [0.5, 0.6) is 5.75 Å². The summed E-state index contributed by atoms with van der Waals surface area (Å²) in [7, 11) is -3.93. The van der Waals surface area contributed by atoms with Gasteiger partial charge in [-0.15, -0.1) is 12.4 Å². The molecule has 0 spiro atoms. The molecule has 0 bridgehead atoms. The highest BCUT2D eigenvalue weighted by molar-refractivity contribution is 7.91. The second-order valence-electron chi connectivity index (χ2n) is 7.20. The summed E-state index contributed by atoms with van der Waals surface area (Å²) in [6.45, 7) is 6.02. The van der Waals surface area contributed by atoms with E-state index in [1.165, 1.54) is 28.8 Å². The van der Waals surface area contributed by atoms with E-state index < -0.39 is 21.4 Å². The molecule has 33 heavy (non-hydrogen) atoms. The number of hydrogen-bond donors (Lipinski definition) is 2. The van der Waals surface area contributed by atoms with Gasteiger partial charge in [0.25, 0.3) is 0 Å². The normalized spacial score (nSPS) is 11.6. The molecule has 11 heteroatoms. The molecule has 0 aliphatic heterocycles. The highest BCUT2D eigenvalue weighted by Gasteiger charge is 2.28. The van der Waals surface area contributed by atoms with Gasteiger partial charge in [0.1, 0.15) is 16.2 Å². The van der Waals surface area contributed by atoms with Gasteiger partial charge in [-0.1, -0.05) is 30.4 Å². The third-order valence-corrected chi connectivity index (χ3v) is 7.80. The number of halogens is 2. The lowest BCUT2D eigenvalue weighted by molar-refractivity contribution is 0.148. The van der Waals surface area contributed by atoms with Crippen molar-refractivity contribution >= 4 is 43.8 Å². The van der Waals surface area contributed by atoms with E-state index in [2.05, 4.69) is 5.32 Å². The van der Waals surface area contributed by atoms with E-state index in [4.69, 9.17) is 4.74 Å². The molecule has 3 aromatic rings. The molecule has 0 aliphatic carbocycles. The maximum atomic E-state index is 13.5. The largest absolute Gasteiger partial charge is 0.504 e. The van der Waals surface area contributed by atoms with Crippen molar-refractivity contribution in [3.63, 3.8) is 0 Å². The monoisotopic (exact) mass is 518 g/mol. The van der Waals surface area contributed by atoms with Gasteiger partial charge in [0.05, 0.1) is 10.5 Å². The molecule has 0 aliphatic rings. The molecule has 3 rings (SSSR count). The van der Waals surface area contributed by atoms with Crippen molar-refractivity contribution < 1.29 is 22.7 Å². The van der Waals surface area contributed by atoms with Gasteiger partial charge in [-0.2, -0.15) is 0 Å². The molecule has 182 valence electrons. The van der Waals surface area contributed by atoms with Crippen molar-refractivity contribution in [1.82, 2.24) is 9.88 Å². The number of benzene rings is 2. The predicted octanol–water partition coefficient (Wildman–Crippen LogP) is 3.81. The van der Waals surface area contributed by atoms with E-state index in [9.17, 15) is 22.7 Å². The molecular weight excluding hydrogens is 491 g/mol. The Balaban J connectivity index is 0.00000385. The van der Waals surface area contributed by atoms with Crippen LogP contribution in [0.3, 0.4) is 0 Å². The maximum absolute atomic E-state index is 13.5. The molecule has 0 unspecified atom stereocenters. The summed E-state index contributed by atoms with van der Waals surface area (Å²) in [5.41, 5.74) is 0.880. The minimum Gasteiger partial charge on any atom is -0.504 e. The predicted molar refractivity (Wildman–Crippen MR) is 132 cm³/mol. The lowest BCUT2D eigenvalue weighted by atomic mass is 10.0. The highest BCUT2D eigenvalue weighted by atomic mass is 35.5. The van der Waals surface area contributed by atoms with Crippen LogP contribution in [0.2, 0.25) is 0 Å². The number of aromatic hydroxyl groups is 1. The first-order chi connectivity index (χ1) is 15.3. The number of ether oxygens (including phenoxy) is 1. The van der Waals surface area contributed by atoms with Crippen molar-refractivity contribution in [3.8, 4) is 16.9 Å². The zero-order valence-corrected chi connectivity index (χ0v) is 20.9. The molecule has 0 fully saturated rings. The van der Waals surface area contributed by atoms with Crippen LogP contribution in [0, 0.1) is 5.82 Å². The number of phenolic OH excluding ortho intramolecular Hbond substituents is 1. The van der Waals surface area contributed by atoms with Gasteiger partial charge in [0.2, 0.25) is 0 Å². The first-order valence-corrected chi connectivity index (χ1v) is 12.9. The topological polar surface area (TPSA) is 97.6 Å². The van der Waals surface area contributed by atoms with Crippen LogP contribution in [0.4, 0.5) is 4.39 Å². The number of thiazole rings is 1. The Morgan fingerprint density at radius 3 is 2.55 bits per heavy atom. The van der Waals surface area contributed by atoms with Crippen LogP contribution in [-0.2, 0) is 21.1 Å². The average Bonchev–Trinajstić information content (AvgIpc) is 3.07. The smallest absolute Gasteiger partial charge is 0.308 e. The molecule has 0 amide bonds. The third kappa shape index (κ3) is 6.13. The van der Waals surface area contributed by atoms with Crippen molar-refractivity contribution in [1.29, 1.82) is 0 Å². The highest BCUT2D eigenvalue weighted by Crippen LogP contribution is 2.41. The minimum absolute atomic E-state index is 0. The number of nitrogens with zero attached hydrogens (tertiary/aromatic N) is 1. The maximum Gasteiger partial charge on any atom is 0.308 e. The second kappa shape index (κ2) is 11.9. The van der Waals surface area contributed by atoms with Crippen LogP contribution >= 0.6 is 23.7 Å². The molecule has 1 heterocycles. The van der Waals surface area contributed by atoms with Gasteiger partial charge in [0, 0.05) is 31.9 Å². The quantitative estimate of drug-likeness (QED) is 0.375. The van der Waals surface area contributed by atoms with Crippen LogP contribution in [-0.4, -0.2) is 50.1 Å². The van der Waals surface area contributed by atoms with Gasteiger partial charge < -0.3 is 15.2 Å². The van der Waals surface area contributed by atoms with Crippen LogP contribution in [0.25, 0.3) is 21.3 Å². The van der Waals surface area contributed by atoms with E-state index in [0.29, 0.717) is 30.0 Å². The van der Waals surface area contributed by atoms with Gasteiger partial charge >= 0.3 is 4.87 Å². The molecule has 0 saturated carbocycles. The van der Waals surface area contributed by atoms with Gasteiger partial charge in [-0.3, -0.25) is 9.36 Å². The molecular formula is C22H28ClFN2O5S2. The number of sulfone groups is 1. The lowest BCUT2D eigenvalue weighted by Crippen LogP contribution is -2.23. The van der Waals surface area contributed by atoms with Crippen LogP contribution < -0.4 is 10.2 Å². The average molecular weight is 519 g/mol. The molecule has 0 radical (unpaired) electrons. The number of hydrogen-bond acceptors (Lipinski definition) is 7. The van der Waals surface area contributed by atoms with Crippen LogP contribution in [0.15, 0.2) is 40.0 Å². The standard InChI is InChI=1S/C22H27FN2O5S2.ClH/c1-3-24-10-11-25-19-18(31-22(25)27)14-17(15-6-8-16(23)9-7-15)21(20(19)26)32(28,29)13-5-12-30-4-2;/h6-9,14,24,26H,3-5,10-13H2,1-2H3;1H. The molecule has 0 saturated heterocycles. The summed E-state index contributed by atoms with van der Waals surface area (Å²) in [5, 5.41) is 14.3. The van der Waals surface area contributed by atoms with E-state index >= 15 is 0 Å². The van der Waals surface area contributed by atoms with Crippen molar-refractivity contribution in [3.05, 3.63) is 45.8 Å². The summed E-state index contributed by atoms with van der Waals surface area (Å²) in [6.07, 6.45) is 0.257. The van der Waals surface area contributed by atoms with Crippen LogP contribution in [0.1, 0.15) is 20.3 Å². The van der Waals surface area contributed by atoms with E-state index in [-0.39, 0.29) is 52.0 Å². The Hall–Kier alpha value is -1.98. The zero-order valence-electron chi connectivity index (χ0n) is 18.5. The fourth-order valence-corrected chi connectivity index (χ4v) is 6.09. The number of aromatic nitrogens is 1. The Labute approximate surface area is 202 Å². The molecule has 7 nitrogen and oxygen atoms in total. The first kappa shape index (κ1) is 27.3. The van der Waals surface area contributed by atoms with Gasteiger partial charge in [0.15, 0.2) is 15.6 Å².